The Morgan fingerprint density at radius 1 is 1.29 bits per heavy atom. The molecule has 1 fully saturated rings. The van der Waals surface area contributed by atoms with Crippen LogP contribution < -0.4 is 10.6 Å². The quantitative estimate of drug-likeness (QED) is 0.384. The predicted octanol–water partition coefficient (Wildman–Crippen LogP) is 4.07. The number of thiophene rings is 1. The number of fused-ring (bicyclic) bond motifs is 4. The van der Waals surface area contributed by atoms with Gasteiger partial charge in [0.15, 0.2) is 5.82 Å². The van der Waals surface area contributed by atoms with E-state index >= 15 is 0 Å². The average molecular weight is 554 g/mol. The molecule has 4 aromatic rings. The lowest BCUT2D eigenvalue weighted by Gasteiger charge is -2.29. The third-order valence-corrected chi connectivity index (χ3v) is 9.01. The van der Waals surface area contributed by atoms with Crippen molar-refractivity contribution in [2.45, 2.75) is 45.2 Å². The van der Waals surface area contributed by atoms with Gasteiger partial charge in [0.1, 0.15) is 11.1 Å². The molecule has 2 aliphatic rings. The molecule has 38 heavy (non-hydrogen) atoms. The lowest BCUT2D eigenvalue weighted by Crippen LogP contribution is -2.44. The van der Waals surface area contributed by atoms with E-state index in [0.717, 1.165) is 34.0 Å². The summed E-state index contributed by atoms with van der Waals surface area (Å²) in [6.07, 6.45) is 2.31. The number of rotatable bonds is 4. The SMILES string of the molecule is CC(C)N(C)[C@H]1CN(c2ncc3c4c(c(-c5ncc(F)c6sc(N)c(C#N)c56)c(Cl)c3n2)COC4)C[C@@H]1O. The number of halogens is 2. The molecule has 196 valence electrons. The molecular weight excluding hydrogens is 529 g/mol. The summed E-state index contributed by atoms with van der Waals surface area (Å²) < 4.78 is 20.8. The molecule has 0 unspecified atom stereocenters. The molecule has 0 aliphatic carbocycles. The number of pyridine rings is 1. The zero-order valence-electron chi connectivity index (χ0n) is 21.0. The number of aliphatic hydroxyl groups is 1. The van der Waals surface area contributed by atoms with Gasteiger partial charge in [-0.15, -0.1) is 11.3 Å². The van der Waals surface area contributed by atoms with E-state index in [0.29, 0.717) is 52.8 Å². The molecular formula is C26H25ClFN7O2S. The van der Waals surface area contributed by atoms with E-state index < -0.39 is 11.9 Å². The Hall–Kier alpha value is -3.14. The van der Waals surface area contributed by atoms with Crippen molar-refractivity contribution in [1.82, 2.24) is 19.9 Å². The largest absolute Gasteiger partial charge is 0.390 e. The molecule has 0 saturated carbocycles. The summed E-state index contributed by atoms with van der Waals surface area (Å²) in [4.78, 5) is 18.0. The van der Waals surface area contributed by atoms with Crippen LogP contribution in [-0.2, 0) is 18.0 Å². The zero-order chi connectivity index (χ0) is 26.9. The molecule has 2 aliphatic heterocycles. The highest BCUT2D eigenvalue weighted by atomic mass is 35.5. The first-order chi connectivity index (χ1) is 18.2. The van der Waals surface area contributed by atoms with E-state index in [-0.39, 0.29) is 34.0 Å². The summed E-state index contributed by atoms with van der Waals surface area (Å²) in [5.41, 5.74) is 9.35. The fraction of sp³-hybridized carbons (Fsp3) is 0.385. The second-order valence-electron chi connectivity index (χ2n) is 9.98. The molecule has 2 atom stereocenters. The van der Waals surface area contributed by atoms with Gasteiger partial charge in [0, 0.05) is 41.7 Å². The maximum Gasteiger partial charge on any atom is 0.226 e. The van der Waals surface area contributed by atoms with Gasteiger partial charge in [-0.05, 0) is 32.0 Å². The number of β-amino-alcohol motifs (C(OH)–C–C–N with tert-alkyl or cyclic N) is 1. The minimum absolute atomic E-state index is 0.0566. The van der Waals surface area contributed by atoms with E-state index in [1.807, 2.05) is 11.9 Å². The van der Waals surface area contributed by atoms with Crippen molar-refractivity contribution in [3.05, 3.63) is 39.9 Å². The van der Waals surface area contributed by atoms with Crippen LogP contribution in [0, 0.1) is 17.1 Å². The average Bonchev–Trinajstić information content (AvgIpc) is 3.61. The van der Waals surface area contributed by atoms with Gasteiger partial charge in [-0.1, -0.05) is 11.6 Å². The lowest BCUT2D eigenvalue weighted by molar-refractivity contribution is 0.0823. The second-order valence-corrected chi connectivity index (χ2v) is 11.4. The van der Waals surface area contributed by atoms with Gasteiger partial charge in [0.05, 0.1) is 58.1 Å². The molecule has 3 N–H and O–H groups in total. The highest BCUT2D eigenvalue weighted by Crippen LogP contribution is 2.47. The van der Waals surface area contributed by atoms with Crippen LogP contribution in [0.1, 0.15) is 30.5 Å². The third kappa shape index (κ3) is 3.71. The van der Waals surface area contributed by atoms with Crippen molar-refractivity contribution in [3.63, 3.8) is 0 Å². The minimum Gasteiger partial charge on any atom is -0.390 e. The number of nitrogens with zero attached hydrogens (tertiary/aromatic N) is 6. The van der Waals surface area contributed by atoms with Crippen molar-refractivity contribution in [2.24, 2.45) is 0 Å². The summed E-state index contributed by atoms with van der Waals surface area (Å²) in [7, 11) is 2.00. The fourth-order valence-corrected chi connectivity index (χ4v) is 6.68. The molecule has 1 saturated heterocycles. The maximum absolute atomic E-state index is 14.7. The first-order valence-corrected chi connectivity index (χ1v) is 13.4. The van der Waals surface area contributed by atoms with Crippen molar-refractivity contribution in [2.75, 3.05) is 30.8 Å². The van der Waals surface area contributed by atoms with E-state index in [2.05, 4.69) is 34.8 Å². The Bertz CT molecular complexity index is 1650. The Morgan fingerprint density at radius 2 is 2.05 bits per heavy atom. The molecule has 0 spiro atoms. The number of hydrogen-bond acceptors (Lipinski definition) is 10. The van der Waals surface area contributed by atoms with Crippen LogP contribution in [0.5, 0.6) is 0 Å². The smallest absolute Gasteiger partial charge is 0.226 e. The summed E-state index contributed by atoms with van der Waals surface area (Å²) in [5.74, 6) is -0.0949. The number of nitrogen functional groups attached to an aromatic ring is 1. The number of ether oxygens (including phenoxy) is 1. The minimum atomic E-state index is -0.551. The highest BCUT2D eigenvalue weighted by Gasteiger charge is 2.37. The standard InChI is InChI=1S/C26H25ClFN7O2S/c1-11(2)34(3)17-7-35(8-18(17)36)26-32-5-13-14-9-37-10-15(14)19(21(27)22(13)33-26)23-20-12(4-29)25(30)38-24(20)16(28)6-31-23/h5-6,11,17-18,36H,7-10,30H2,1-3H3/t17-,18-/m0/s1. The highest BCUT2D eigenvalue weighted by molar-refractivity contribution is 7.23. The molecule has 9 nitrogen and oxygen atoms in total. The lowest BCUT2D eigenvalue weighted by atomic mass is 9.94. The first-order valence-electron chi connectivity index (χ1n) is 12.2. The Balaban J connectivity index is 1.54. The number of benzene rings is 1. The Kier molecular flexibility index (Phi) is 6.13. The number of nitrogens with two attached hydrogens (primary N) is 1. The van der Waals surface area contributed by atoms with Crippen molar-refractivity contribution >= 4 is 54.9 Å². The van der Waals surface area contributed by atoms with Crippen LogP contribution in [0.15, 0.2) is 12.4 Å². The molecule has 1 aromatic carbocycles. The van der Waals surface area contributed by atoms with Gasteiger partial charge in [0.25, 0.3) is 0 Å². The van der Waals surface area contributed by atoms with E-state index in [9.17, 15) is 14.8 Å². The van der Waals surface area contributed by atoms with Gasteiger partial charge in [-0.25, -0.2) is 14.4 Å². The predicted molar refractivity (Wildman–Crippen MR) is 146 cm³/mol. The zero-order valence-corrected chi connectivity index (χ0v) is 22.6. The Morgan fingerprint density at radius 3 is 2.79 bits per heavy atom. The third-order valence-electron chi connectivity index (χ3n) is 7.61. The summed E-state index contributed by atoms with van der Waals surface area (Å²) in [6, 6.07) is 2.31. The maximum atomic E-state index is 14.7. The number of nitriles is 1. The van der Waals surface area contributed by atoms with Crippen LogP contribution >= 0.6 is 22.9 Å². The normalized spacial score (nSPS) is 19.3. The number of likely N-dealkylation sites (N-methyl/N-ethyl adjacent to an activating group) is 1. The van der Waals surface area contributed by atoms with Gasteiger partial charge in [-0.3, -0.25) is 9.88 Å². The number of aromatic nitrogens is 3. The molecule has 0 bridgehead atoms. The monoisotopic (exact) mass is 553 g/mol. The molecule has 0 radical (unpaired) electrons. The number of hydrogen-bond donors (Lipinski definition) is 2. The van der Waals surface area contributed by atoms with Crippen molar-refractivity contribution in [1.29, 1.82) is 5.26 Å². The molecule has 5 heterocycles. The van der Waals surface area contributed by atoms with Crippen LogP contribution in [0.25, 0.3) is 32.2 Å². The first kappa shape index (κ1) is 25.2. The van der Waals surface area contributed by atoms with Gasteiger partial charge >= 0.3 is 0 Å². The van der Waals surface area contributed by atoms with Crippen LogP contribution in [0.2, 0.25) is 5.02 Å². The summed E-state index contributed by atoms with van der Waals surface area (Å²) in [6.45, 7) is 5.76. The fourth-order valence-electron chi connectivity index (χ4n) is 5.41. The molecule has 12 heteroatoms. The van der Waals surface area contributed by atoms with Crippen LogP contribution in [-0.4, -0.2) is 63.3 Å². The molecule has 6 rings (SSSR count). The topological polar surface area (TPSA) is 124 Å². The van der Waals surface area contributed by atoms with Crippen molar-refractivity contribution in [3.8, 4) is 17.3 Å². The second kappa shape index (κ2) is 9.25. The van der Waals surface area contributed by atoms with E-state index in [4.69, 9.17) is 27.1 Å². The van der Waals surface area contributed by atoms with Crippen LogP contribution in [0.3, 0.4) is 0 Å². The number of anilines is 2. The van der Waals surface area contributed by atoms with Gasteiger partial charge < -0.3 is 20.5 Å². The van der Waals surface area contributed by atoms with Gasteiger partial charge in [0.2, 0.25) is 5.95 Å². The number of aliphatic hydroxyl groups excluding tert-OH is 1. The van der Waals surface area contributed by atoms with E-state index in [1.165, 1.54) is 0 Å². The van der Waals surface area contributed by atoms with Gasteiger partial charge in [-0.2, -0.15) is 5.26 Å². The van der Waals surface area contributed by atoms with Crippen molar-refractivity contribution < 1.29 is 14.2 Å². The van der Waals surface area contributed by atoms with Crippen LogP contribution in [0.4, 0.5) is 15.3 Å². The molecule has 0 amide bonds. The van der Waals surface area contributed by atoms with E-state index in [1.54, 1.807) is 6.20 Å². The Labute approximate surface area is 227 Å². The summed E-state index contributed by atoms with van der Waals surface area (Å²) in [5, 5.41) is 22.2. The molecule has 3 aromatic heterocycles. The summed E-state index contributed by atoms with van der Waals surface area (Å²) >= 11 is 8.08.